The van der Waals surface area contributed by atoms with Gasteiger partial charge in [0.15, 0.2) is 18.0 Å². The molecule has 5 heterocycles. The summed E-state index contributed by atoms with van der Waals surface area (Å²) in [6.07, 6.45) is 1.87. The molecule has 1 unspecified atom stereocenters. The standard InChI is InChI=1S/C29H37BrClN3O6Si/c1-41(2,3)13-12-35-17-34-21-14-20(31)25(18-7-9-19(30)10-8-18)32-28(21)33-29(34)40-23-16-38-26-22(15-37-27(23)26)39-24-6-4-5-11-36-24/h7-10,14,22-24,26-27H,4-6,11-13,15-17H2,1-3H3/t22-,23-,24?,26-,27-/m1/s1. The first kappa shape index (κ1) is 29.5. The molecule has 0 spiro atoms. The highest BCUT2D eigenvalue weighted by Crippen LogP contribution is 2.35. The van der Waals surface area contributed by atoms with Crippen molar-refractivity contribution in [3.05, 3.63) is 39.8 Å². The van der Waals surface area contributed by atoms with Gasteiger partial charge >= 0.3 is 6.01 Å². The van der Waals surface area contributed by atoms with Gasteiger partial charge in [0.05, 0.1) is 29.4 Å². The first-order chi connectivity index (χ1) is 19.7. The van der Waals surface area contributed by atoms with E-state index in [4.69, 9.17) is 50.0 Å². The van der Waals surface area contributed by atoms with E-state index in [1.807, 2.05) is 34.9 Å². The Balaban J connectivity index is 1.23. The van der Waals surface area contributed by atoms with Gasteiger partial charge in [0.25, 0.3) is 0 Å². The summed E-state index contributed by atoms with van der Waals surface area (Å²) >= 11 is 10.3. The van der Waals surface area contributed by atoms with Crippen LogP contribution in [0, 0.1) is 0 Å². The smallest absolute Gasteiger partial charge is 0.301 e. The lowest BCUT2D eigenvalue weighted by Gasteiger charge is -2.27. The highest BCUT2D eigenvalue weighted by molar-refractivity contribution is 9.10. The summed E-state index contributed by atoms with van der Waals surface area (Å²) in [6, 6.07) is 11.2. The van der Waals surface area contributed by atoms with Gasteiger partial charge in [0, 0.05) is 31.3 Å². The van der Waals surface area contributed by atoms with Crippen molar-refractivity contribution in [2.24, 2.45) is 0 Å². The molecule has 0 radical (unpaired) electrons. The minimum Gasteiger partial charge on any atom is -0.456 e. The van der Waals surface area contributed by atoms with Crippen LogP contribution in [0.2, 0.25) is 30.7 Å². The maximum Gasteiger partial charge on any atom is 0.301 e. The molecule has 0 bridgehead atoms. The number of aromatic nitrogens is 3. The molecule has 0 amide bonds. The van der Waals surface area contributed by atoms with Crippen molar-refractivity contribution in [3.63, 3.8) is 0 Å². The quantitative estimate of drug-likeness (QED) is 0.185. The molecule has 222 valence electrons. The third kappa shape index (κ3) is 6.83. The Morgan fingerprint density at radius 1 is 1.02 bits per heavy atom. The van der Waals surface area contributed by atoms with Crippen molar-refractivity contribution >= 4 is 46.8 Å². The van der Waals surface area contributed by atoms with Crippen molar-refractivity contribution in [3.8, 4) is 17.3 Å². The van der Waals surface area contributed by atoms with Crippen LogP contribution in [0.15, 0.2) is 34.8 Å². The van der Waals surface area contributed by atoms with Crippen molar-refractivity contribution in [2.45, 2.75) is 82.4 Å². The van der Waals surface area contributed by atoms with E-state index in [-0.39, 0.29) is 37.4 Å². The Kier molecular flexibility index (Phi) is 9.05. The van der Waals surface area contributed by atoms with E-state index in [2.05, 4.69) is 35.6 Å². The normalized spacial score (nSPS) is 26.5. The predicted octanol–water partition coefficient (Wildman–Crippen LogP) is 6.28. The minimum absolute atomic E-state index is 0.186. The van der Waals surface area contributed by atoms with E-state index < -0.39 is 8.07 Å². The van der Waals surface area contributed by atoms with Gasteiger partial charge in [-0.15, -0.1) is 0 Å². The van der Waals surface area contributed by atoms with Crippen LogP contribution < -0.4 is 4.74 Å². The fourth-order valence-electron chi connectivity index (χ4n) is 5.36. The van der Waals surface area contributed by atoms with Crippen molar-refractivity contribution in [1.29, 1.82) is 0 Å². The number of nitrogens with zero attached hydrogens (tertiary/aromatic N) is 3. The van der Waals surface area contributed by atoms with Gasteiger partial charge in [-0.1, -0.05) is 59.3 Å². The summed E-state index contributed by atoms with van der Waals surface area (Å²) in [4.78, 5) is 9.64. The molecule has 6 rings (SSSR count). The number of halogens is 2. The van der Waals surface area contributed by atoms with Crippen molar-refractivity contribution < 1.29 is 28.4 Å². The topological polar surface area (TPSA) is 86.1 Å². The number of pyridine rings is 1. The molecule has 41 heavy (non-hydrogen) atoms. The van der Waals surface area contributed by atoms with Gasteiger partial charge in [0.1, 0.15) is 25.0 Å². The molecule has 3 saturated heterocycles. The Hall–Kier alpha value is -1.57. The maximum absolute atomic E-state index is 6.76. The first-order valence-electron chi connectivity index (χ1n) is 14.3. The Bertz CT molecular complexity index is 1350. The lowest BCUT2D eigenvalue weighted by Crippen LogP contribution is -2.38. The molecule has 0 N–H and O–H groups in total. The lowest BCUT2D eigenvalue weighted by molar-refractivity contribution is -0.202. The van der Waals surface area contributed by atoms with E-state index in [0.29, 0.717) is 42.2 Å². The second kappa shape index (κ2) is 12.6. The van der Waals surface area contributed by atoms with E-state index in [0.717, 1.165) is 47.5 Å². The molecule has 3 aliphatic heterocycles. The van der Waals surface area contributed by atoms with Crippen LogP contribution in [0.3, 0.4) is 0 Å². The third-order valence-corrected chi connectivity index (χ3v) is 10.2. The van der Waals surface area contributed by atoms with Gasteiger partial charge in [-0.3, -0.25) is 4.57 Å². The Labute approximate surface area is 254 Å². The molecule has 3 fully saturated rings. The van der Waals surface area contributed by atoms with Crippen LogP contribution in [0.5, 0.6) is 6.01 Å². The van der Waals surface area contributed by atoms with Crippen LogP contribution in [0.4, 0.5) is 0 Å². The number of hydrogen-bond acceptors (Lipinski definition) is 8. The lowest BCUT2D eigenvalue weighted by atomic mass is 10.1. The van der Waals surface area contributed by atoms with Crippen LogP contribution in [0.25, 0.3) is 22.4 Å². The molecular formula is C29H37BrClN3O6Si. The van der Waals surface area contributed by atoms with E-state index in [1.165, 1.54) is 0 Å². The van der Waals surface area contributed by atoms with Gasteiger partial charge in [-0.25, -0.2) is 4.98 Å². The Morgan fingerprint density at radius 2 is 1.78 bits per heavy atom. The molecule has 0 saturated carbocycles. The number of imidazole rings is 1. The summed E-state index contributed by atoms with van der Waals surface area (Å²) < 4.78 is 39.8. The molecule has 0 aliphatic carbocycles. The fourth-order valence-corrected chi connectivity index (χ4v) is 6.63. The number of fused-ring (bicyclic) bond motifs is 2. The predicted molar refractivity (Wildman–Crippen MR) is 162 cm³/mol. The maximum atomic E-state index is 6.76. The van der Waals surface area contributed by atoms with Crippen molar-refractivity contribution in [1.82, 2.24) is 14.5 Å². The summed E-state index contributed by atoms with van der Waals surface area (Å²) in [5.41, 5.74) is 2.85. The zero-order valence-electron chi connectivity index (χ0n) is 23.7. The monoisotopic (exact) mass is 665 g/mol. The molecule has 5 atom stereocenters. The third-order valence-electron chi connectivity index (χ3n) is 7.68. The average molecular weight is 667 g/mol. The fraction of sp³-hybridized carbons (Fsp3) is 0.586. The number of benzene rings is 1. The molecule has 3 aromatic rings. The van der Waals surface area contributed by atoms with E-state index in [1.54, 1.807) is 0 Å². The van der Waals surface area contributed by atoms with Crippen molar-refractivity contribution in [2.75, 3.05) is 26.4 Å². The largest absolute Gasteiger partial charge is 0.456 e. The Morgan fingerprint density at radius 3 is 2.51 bits per heavy atom. The summed E-state index contributed by atoms with van der Waals surface area (Å²) in [7, 11) is -1.24. The molecule has 9 nitrogen and oxygen atoms in total. The first-order valence-corrected chi connectivity index (χ1v) is 19.2. The van der Waals surface area contributed by atoms with E-state index in [9.17, 15) is 0 Å². The number of hydrogen-bond donors (Lipinski definition) is 0. The summed E-state index contributed by atoms with van der Waals surface area (Å²) in [5, 5.41) is 0.530. The highest BCUT2D eigenvalue weighted by atomic mass is 79.9. The van der Waals surface area contributed by atoms with Crippen LogP contribution in [-0.4, -0.2) is 79.7 Å². The van der Waals surface area contributed by atoms with Gasteiger partial charge < -0.3 is 28.4 Å². The summed E-state index contributed by atoms with van der Waals surface area (Å²) in [6.45, 7) is 9.49. The molecule has 3 aliphatic rings. The highest BCUT2D eigenvalue weighted by Gasteiger charge is 2.50. The van der Waals surface area contributed by atoms with E-state index >= 15 is 0 Å². The SMILES string of the molecule is C[Si](C)(C)CCOCn1c(O[C@@H]2CO[C@H]3[C@@H]2OC[C@H]3OC2CCCCO2)nc2nc(-c3ccc(Br)cc3)c(Cl)cc21. The molecule has 2 aromatic heterocycles. The van der Waals surface area contributed by atoms with Gasteiger partial charge in [0.2, 0.25) is 0 Å². The molecule has 12 heteroatoms. The van der Waals surface area contributed by atoms with Crippen LogP contribution in [0.1, 0.15) is 19.3 Å². The summed E-state index contributed by atoms with van der Waals surface area (Å²) in [5.74, 6) is 0. The van der Waals surface area contributed by atoms with Crippen LogP contribution in [-0.2, 0) is 30.4 Å². The molecular weight excluding hydrogens is 630 g/mol. The van der Waals surface area contributed by atoms with Gasteiger partial charge in [-0.05, 0) is 43.5 Å². The molecule has 1 aromatic carbocycles. The second-order valence-electron chi connectivity index (χ2n) is 12.1. The van der Waals surface area contributed by atoms with Gasteiger partial charge in [-0.2, -0.15) is 4.98 Å². The average Bonchev–Trinajstić information content (AvgIpc) is 3.62. The minimum atomic E-state index is -1.24. The zero-order valence-corrected chi connectivity index (χ0v) is 27.0. The van der Waals surface area contributed by atoms with Crippen LogP contribution >= 0.6 is 27.5 Å². The number of ether oxygens (including phenoxy) is 6. The zero-order chi connectivity index (χ0) is 28.6. The second-order valence-corrected chi connectivity index (χ2v) is 19.0. The number of rotatable bonds is 10.